The zero-order valence-corrected chi connectivity index (χ0v) is 11.0. The smallest absolute Gasteiger partial charge is 0.193 e. The molecule has 1 aliphatic rings. The standard InChI is InChI=1S/C10H12Cl2N2O3/c1-10(2)16-5-6(17-10)4-15-7-3-8(11)13-14-9(7)12/h3,6H,4-5H2,1-2H3. The van der Waals surface area contributed by atoms with Crippen molar-refractivity contribution in [3.63, 3.8) is 0 Å². The van der Waals surface area contributed by atoms with Crippen LogP contribution in [0.1, 0.15) is 13.8 Å². The first kappa shape index (κ1) is 12.8. The van der Waals surface area contributed by atoms with Crippen molar-refractivity contribution < 1.29 is 14.2 Å². The van der Waals surface area contributed by atoms with E-state index in [4.69, 9.17) is 37.4 Å². The molecule has 0 bridgehead atoms. The van der Waals surface area contributed by atoms with E-state index in [9.17, 15) is 0 Å². The molecule has 0 saturated carbocycles. The van der Waals surface area contributed by atoms with E-state index < -0.39 is 5.79 Å². The molecule has 0 aromatic carbocycles. The second-order valence-corrected chi connectivity index (χ2v) is 4.83. The maximum atomic E-state index is 5.81. The van der Waals surface area contributed by atoms with E-state index >= 15 is 0 Å². The van der Waals surface area contributed by atoms with Crippen LogP contribution < -0.4 is 4.74 Å². The van der Waals surface area contributed by atoms with Crippen molar-refractivity contribution >= 4 is 23.2 Å². The minimum Gasteiger partial charge on any atom is -0.487 e. The molecule has 0 N–H and O–H groups in total. The third-order valence-corrected chi connectivity index (χ3v) is 2.63. The van der Waals surface area contributed by atoms with Gasteiger partial charge < -0.3 is 14.2 Å². The summed E-state index contributed by atoms with van der Waals surface area (Å²) in [5, 5.41) is 7.63. The Kier molecular flexibility index (Phi) is 3.73. The van der Waals surface area contributed by atoms with Crippen LogP contribution in [0, 0.1) is 0 Å². The van der Waals surface area contributed by atoms with Crippen molar-refractivity contribution in [3.8, 4) is 5.75 Å². The van der Waals surface area contributed by atoms with Crippen LogP contribution in [0.3, 0.4) is 0 Å². The monoisotopic (exact) mass is 278 g/mol. The van der Waals surface area contributed by atoms with Gasteiger partial charge in [-0.25, -0.2) is 0 Å². The summed E-state index contributed by atoms with van der Waals surface area (Å²) in [7, 11) is 0. The summed E-state index contributed by atoms with van der Waals surface area (Å²) < 4.78 is 16.5. The van der Waals surface area contributed by atoms with Gasteiger partial charge in [0.15, 0.2) is 21.8 Å². The highest BCUT2D eigenvalue weighted by Gasteiger charge is 2.33. The lowest BCUT2D eigenvalue weighted by atomic mass is 10.4. The second kappa shape index (κ2) is 4.94. The maximum Gasteiger partial charge on any atom is 0.193 e. The van der Waals surface area contributed by atoms with Crippen LogP contribution >= 0.6 is 23.2 Å². The Morgan fingerprint density at radius 3 is 2.88 bits per heavy atom. The summed E-state index contributed by atoms with van der Waals surface area (Å²) in [6, 6.07) is 1.51. The molecule has 0 aliphatic carbocycles. The zero-order valence-electron chi connectivity index (χ0n) is 9.44. The Morgan fingerprint density at radius 1 is 1.47 bits per heavy atom. The average molecular weight is 279 g/mol. The van der Waals surface area contributed by atoms with E-state index in [2.05, 4.69) is 10.2 Å². The van der Waals surface area contributed by atoms with Crippen LogP contribution in [-0.4, -0.2) is 35.3 Å². The van der Waals surface area contributed by atoms with Gasteiger partial charge >= 0.3 is 0 Å². The van der Waals surface area contributed by atoms with E-state index in [-0.39, 0.29) is 16.4 Å². The number of halogens is 2. The molecule has 0 spiro atoms. The van der Waals surface area contributed by atoms with E-state index in [1.54, 1.807) is 0 Å². The molecule has 7 heteroatoms. The van der Waals surface area contributed by atoms with Crippen LogP contribution in [0.25, 0.3) is 0 Å². The predicted molar refractivity (Wildman–Crippen MR) is 62.5 cm³/mol. The number of ether oxygens (including phenoxy) is 3. The SMILES string of the molecule is CC1(C)OCC(COc2cc(Cl)nnc2Cl)O1. The van der Waals surface area contributed by atoms with Gasteiger partial charge in [0, 0.05) is 6.07 Å². The third-order valence-electron chi connectivity index (χ3n) is 2.18. The molecule has 94 valence electrons. The van der Waals surface area contributed by atoms with Gasteiger partial charge in [-0.3, -0.25) is 0 Å². The molecule has 1 unspecified atom stereocenters. The zero-order chi connectivity index (χ0) is 12.5. The van der Waals surface area contributed by atoms with Gasteiger partial charge in [-0.2, -0.15) is 0 Å². The normalized spacial score (nSPS) is 22.7. The van der Waals surface area contributed by atoms with Gasteiger partial charge in [-0.1, -0.05) is 23.2 Å². The average Bonchev–Trinajstić information content (AvgIpc) is 2.60. The summed E-state index contributed by atoms with van der Waals surface area (Å²) in [5.41, 5.74) is 0. The van der Waals surface area contributed by atoms with Gasteiger partial charge in [0.05, 0.1) is 6.61 Å². The van der Waals surface area contributed by atoms with Crippen LogP contribution in [0.2, 0.25) is 10.3 Å². The summed E-state index contributed by atoms with van der Waals surface area (Å²) in [6.45, 7) is 4.51. The minimum absolute atomic E-state index is 0.131. The number of nitrogens with zero attached hydrogens (tertiary/aromatic N) is 2. The fourth-order valence-corrected chi connectivity index (χ4v) is 1.75. The quantitative estimate of drug-likeness (QED) is 0.849. The number of aromatic nitrogens is 2. The summed E-state index contributed by atoms with van der Waals surface area (Å²) in [4.78, 5) is 0. The molecule has 1 atom stereocenters. The first-order chi connectivity index (χ1) is 7.96. The molecule has 1 aromatic rings. The van der Waals surface area contributed by atoms with Crippen LogP contribution in [0.4, 0.5) is 0 Å². The molecule has 5 nitrogen and oxygen atoms in total. The van der Waals surface area contributed by atoms with Crippen molar-refractivity contribution in [2.75, 3.05) is 13.2 Å². The van der Waals surface area contributed by atoms with Gasteiger partial charge in [0.25, 0.3) is 0 Å². The Bertz CT molecular complexity index is 415. The summed E-state index contributed by atoms with van der Waals surface area (Å²) >= 11 is 11.5. The van der Waals surface area contributed by atoms with E-state index in [1.807, 2.05) is 13.8 Å². The number of rotatable bonds is 3. The van der Waals surface area contributed by atoms with Gasteiger partial charge in [0.2, 0.25) is 0 Å². The van der Waals surface area contributed by atoms with Crippen molar-refractivity contribution in [3.05, 3.63) is 16.4 Å². The van der Waals surface area contributed by atoms with Crippen molar-refractivity contribution in [1.82, 2.24) is 10.2 Å². The molecule has 17 heavy (non-hydrogen) atoms. The summed E-state index contributed by atoms with van der Waals surface area (Å²) in [6.07, 6.45) is -0.131. The van der Waals surface area contributed by atoms with Crippen LogP contribution in [0.15, 0.2) is 6.07 Å². The molecule has 2 heterocycles. The van der Waals surface area contributed by atoms with Gasteiger partial charge in [0.1, 0.15) is 12.7 Å². The highest BCUT2D eigenvalue weighted by Crippen LogP contribution is 2.26. The fourth-order valence-electron chi connectivity index (χ4n) is 1.47. The number of hydrogen-bond donors (Lipinski definition) is 0. The lowest BCUT2D eigenvalue weighted by Crippen LogP contribution is -2.25. The topological polar surface area (TPSA) is 53.5 Å². The largest absolute Gasteiger partial charge is 0.487 e. The Morgan fingerprint density at radius 2 is 2.24 bits per heavy atom. The molecule has 1 aromatic heterocycles. The summed E-state index contributed by atoms with van der Waals surface area (Å²) in [5.74, 6) is -0.175. The van der Waals surface area contributed by atoms with Crippen LogP contribution in [-0.2, 0) is 9.47 Å². The van der Waals surface area contributed by atoms with Gasteiger partial charge in [-0.05, 0) is 13.8 Å². The van der Waals surface area contributed by atoms with Gasteiger partial charge in [-0.15, -0.1) is 10.2 Å². The molecule has 1 fully saturated rings. The molecule has 0 amide bonds. The van der Waals surface area contributed by atoms with E-state index in [1.165, 1.54) is 6.07 Å². The second-order valence-electron chi connectivity index (χ2n) is 4.08. The first-order valence-electron chi connectivity index (χ1n) is 5.09. The lowest BCUT2D eigenvalue weighted by Gasteiger charge is -2.17. The molecule has 2 rings (SSSR count). The number of hydrogen-bond acceptors (Lipinski definition) is 5. The van der Waals surface area contributed by atoms with Crippen molar-refractivity contribution in [2.24, 2.45) is 0 Å². The first-order valence-corrected chi connectivity index (χ1v) is 5.85. The predicted octanol–water partition coefficient (Wildman–Crippen LogP) is 2.31. The molecular formula is C10H12Cl2N2O3. The Balaban J connectivity index is 1.92. The van der Waals surface area contributed by atoms with Crippen LogP contribution in [0.5, 0.6) is 5.75 Å². The maximum absolute atomic E-state index is 5.81. The molecule has 1 aliphatic heterocycles. The minimum atomic E-state index is -0.564. The molecule has 0 radical (unpaired) electrons. The highest BCUT2D eigenvalue weighted by atomic mass is 35.5. The van der Waals surface area contributed by atoms with Crippen molar-refractivity contribution in [1.29, 1.82) is 0 Å². The van der Waals surface area contributed by atoms with Crippen molar-refractivity contribution in [2.45, 2.75) is 25.7 Å². The molecular weight excluding hydrogens is 267 g/mol. The third kappa shape index (κ3) is 3.42. The lowest BCUT2D eigenvalue weighted by molar-refractivity contribution is -0.141. The molecule has 1 saturated heterocycles. The van der Waals surface area contributed by atoms with E-state index in [0.717, 1.165) is 0 Å². The Hall–Kier alpha value is -0.620. The van der Waals surface area contributed by atoms with E-state index in [0.29, 0.717) is 19.0 Å². The fraction of sp³-hybridized carbons (Fsp3) is 0.600. The Labute approximate surface area is 109 Å². The highest BCUT2D eigenvalue weighted by molar-refractivity contribution is 6.32.